The highest BCUT2D eigenvalue weighted by Crippen LogP contribution is 2.41. The van der Waals surface area contributed by atoms with Crippen LogP contribution in [0, 0.1) is 0 Å². The Morgan fingerprint density at radius 3 is 2.17 bits per heavy atom. The van der Waals surface area contributed by atoms with Gasteiger partial charge in [-0.25, -0.2) is 4.90 Å². The monoisotopic (exact) mass is 337 g/mol. The number of nitrogens with zero attached hydrogens (tertiary/aromatic N) is 1. The Bertz CT molecular complexity index is 540. The third-order valence-electron chi connectivity index (χ3n) is 4.04. The van der Waals surface area contributed by atoms with E-state index in [0.29, 0.717) is 30.4 Å². The van der Waals surface area contributed by atoms with E-state index < -0.39 is 30.1 Å². The van der Waals surface area contributed by atoms with Crippen LogP contribution in [0.3, 0.4) is 0 Å². The highest BCUT2D eigenvalue weighted by atomic mass is 16.6. The Kier molecular flexibility index (Phi) is 5.98. The number of ether oxygens (including phenoxy) is 1. The van der Waals surface area contributed by atoms with Crippen molar-refractivity contribution in [1.29, 1.82) is 0 Å². The van der Waals surface area contributed by atoms with E-state index in [4.69, 9.17) is 9.84 Å². The average Bonchev–Trinajstić information content (AvgIpc) is 2.75. The lowest BCUT2D eigenvalue weighted by molar-refractivity contribution is -0.177. The van der Waals surface area contributed by atoms with E-state index in [-0.39, 0.29) is 6.61 Å². The summed E-state index contributed by atoms with van der Waals surface area (Å²) in [6.45, 7) is 5.37. The lowest BCUT2D eigenvalue weighted by Crippen LogP contribution is -2.45. The number of carbonyl (C=O) groups excluding carboxylic acids is 1. The molecule has 0 saturated heterocycles. The van der Waals surface area contributed by atoms with Crippen LogP contribution in [0.2, 0.25) is 0 Å². The maximum Gasteiger partial charge on any atom is 0.324 e. The van der Waals surface area contributed by atoms with Gasteiger partial charge in [-0.1, -0.05) is 24.3 Å². The lowest BCUT2D eigenvalue weighted by atomic mass is 10.1. The largest absolute Gasteiger partial charge is 0.459 e. The summed E-state index contributed by atoms with van der Waals surface area (Å²) < 4.78 is 5.47. The number of esters is 1. The highest BCUT2D eigenvalue weighted by Gasteiger charge is 2.44. The third-order valence-corrected chi connectivity index (χ3v) is 4.04. The Morgan fingerprint density at radius 2 is 1.71 bits per heavy atom. The lowest BCUT2D eigenvalue weighted by Gasteiger charge is -2.33. The molecular weight excluding hydrogens is 310 g/mol. The first kappa shape index (κ1) is 18.9. The van der Waals surface area contributed by atoms with E-state index in [1.807, 2.05) is 0 Å². The van der Waals surface area contributed by atoms with Gasteiger partial charge in [-0.05, 0) is 40.0 Å². The quantitative estimate of drug-likeness (QED) is 0.542. The maximum atomic E-state index is 12.6. The molecule has 2 rings (SSSR count). The first-order valence-electron chi connectivity index (χ1n) is 8.32. The fourth-order valence-electron chi connectivity index (χ4n) is 2.98. The summed E-state index contributed by atoms with van der Waals surface area (Å²) in [4.78, 5) is 14.0. The van der Waals surface area contributed by atoms with E-state index >= 15 is 0 Å². The van der Waals surface area contributed by atoms with Crippen LogP contribution < -0.4 is 0 Å². The molecule has 0 spiro atoms. The van der Waals surface area contributed by atoms with Crippen molar-refractivity contribution < 1.29 is 24.9 Å². The predicted octanol–water partition coefficient (Wildman–Crippen LogP) is 1.86. The Labute approximate surface area is 142 Å². The maximum absolute atomic E-state index is 12.6. The van der Waals surface area contributed by atoms with Crippen molar-refractivity contribution in [3.8, 4) is 0 Å². The standard InChI is InChI=1S/C18H27NO5/c1-18(2,3)24-17(23)14(10-6-7-11-20)19-15(21)12-8-4-5-9-13(12)16(19)22/h4-5,8-9,14-16,20-22H,6-7,10-11H2,1-3H3/t14-,15?,16?/m0/s1. The summed E-state index contributed by atoms with van der Waals surface area (Å²) in [5.74, 6) is -0.480. The molecule has 3 atom stereocenters. The number of hydrogen-bond donors (Lipinski definition) is 3. The molecule has 1 aromatic rings. The molecule has 0 fully saturated rings. The van der Waals surface area contributed by atoms with Crippen LogP contribution in [0.4, 0.5) is 0 Å². The van der Waals surface area contributed by atoms with Gasteiger partial charge in [-0.2, -0.15) is 0 Å². The SMILES string of the molecule is CC(C)(C)OC(=O)[C@H](CCCCO)N1C(O)c2ccccc2C1O. The van der Waals surface area contributed by atoms with Gasteiger partial charge in [0.15, 0.2) is 0 Å². The minimum atomic E-state index is -1.07. The topological polar surface area (TPSA) is 90.2 Å². The van der Waals surface area contributed by atoms with Crippen molar-refractivity contribution in [2.45, 2.75) is 64.1 Å². The summed E-state index contributed by atoms with van der Waals surface area (Å²) in [6.07, 6.45) is -0.609. The molecule has 0 aromatic heterocycles. The number of carbonyl (C=O) groups is 1. The van der Waals surface area contributed by atoms with E-state index in [9.17, 15) is 15.0 Å². The zero-order valence-corrected chi connectivity index (χ0v) is 14.5. The smallest absolute Gasteiger partial charge is 0.324 e. The second-order valence-corrected chi connectivity index (χ2v) is 7.09. The van der Waals surface area contributed by atoms with Gasteiger partial charge in [-0.3, -0.25) is 4.79 Å². The summed E-state index contributed by atoms with van der Waals surface area (Å²) in [5, 5.41) is 30.2. The molecule has 1 aromatic carbocycles. The molecule has 0 aliphatic carbocycles. The molecule has 2 unspecified atom stereocenters. The van der Waals surface area contributed by atoms with Crippen LogP contribution >= 0.6 is 0 Å². The van der Waals surface area contributed by atoms with Crippen molar-refractivity contribution in [3.63, 3.8) is 0 Å². The fourth-order valence-corrected chi connectivity index (χ4v) is 2.98. The molecule has 6 nitrogen and oxygen atoms in total. The third kappa shape index (κ3) is 4.13. The van der Waals surface area contributed by atoms with Crippen molar-refractivity contribution >= 4 is 5.97 Å². The molecule has 1 aliphatic rings. The van der Waals surface area contributed by atoms with Crippen molar-refractivity contribution in [2.24, 2.45) is 0 Å². The Hall–Kier alpha value is -1.47. The van der Waals surface area contributed by atoms with Gasteiger partial charge in [0.1, 0.15) is 24.1 Å². The van der Waals surface area contributed by atoms with Crippen LogP contribution in [-0.2, 0) is 9.53 Å². The molecule has 6 heteroatoms. The van der Waals surface area contributed by atoms with E-state index in [0.717, 1.165) is 0 Å². The van der Waals surface area contributed by atoms with Gasteiger partial charge in [0, 0.05) is 17.7 Å². The minimum Gasteiger partial charge on any atom is -0.459 e. The molecule has 0 radical (unpaired) electrons. The number of aliphatic hydroxyl groups excluding tert-OH is 3. The van der Waals surface area contributed by atoms with Crippen LogP contribution in [0.15, 0.2) is 24.3 Å². The van der Waals surface area contributed by atoms with Gasteiger partial charge >= 0.3 is 5.97 Å². The molecular formula is C18H27NO5. The molecule has 0 bridgehead atoms. The first-order chi connectivity index (χ1) is 11.3. The van der Waals surface area contributed by atoms with Crippen LogP contribution in [0.1, 0.15) is 63.6 Å². The number of aliphatic hydroxyl groups is 3. The van der Waals surface area contributed by atoms with Crippen molar-refractivity contribution in [3.05, 3.63) is 35.4 Å². The van der Waals surface area contributed by atoms with Gasteiger partial charge < -0.3 is 20.1 Å². The van der Waals surface area contributed by atoms with E-state index in [1.165, 1.54) is 4.90 Å². The molecule has 0 saturated carbocycles. The number of fused-ring (bicyclic) bond motifs is 1. The van der Waals surface area contributed by atoms with E-state index in [2.05, 4.69) is 0 Å². The number of unbranched alkanes of at least 4 members (excludes halogenated alkanes) is 1. The number of rotatable bonds is 6. The summed E-state index contributed by atoms with van der Waals surface area (Å²) in [5.41, 5.74) is 0.538. The van der Waals surface area contributed by atoms with Gasteiger partial charge in [0.2, 0.25) is 0 Å². The first-order valence-corrected chi connectivity index (χ1v) is 8.32. The van der Waals surface area contributed by atoms with Crippen LogP contribution in [0.5, 0.6) is 0 Å². The second kappa shape index (κ2) is 7.61. The Morgan fingerprint density at radius 1 is 1.17 bits per heavy atom. The van der Waals surface area contributed by atoms with Gasteiger partial charge in [0.05, 0.1) is 0 Å². The van der Waals surface area contributed by atoms with Gasteiger partial charge in [-0.15, -0.1) is 0 Å². The highest BCUT2D eigenvalue weighted by molar-refractivity contribution is 5.76. The Balaban J connectivity index is 2.25. The van der Waals surface area contributed by atoms with Gasteiger partial charge in [0.25, 0.3) is 0 Å². The number of hydrogen-bond acceptors (Lipinski definition) is 6. The molecule has 3 N–H and O–H groups in total. The zero-order valence-electron chi connectivity index (χ0n) is 14.5. The van der Waals surface area contributed by atoms with Crippen molar-refractivity contribution in [1.82, 2.24) is 4.90 Å². The molecule has 1 aliphatic heterocycles. The predicted molar refractivity (Wildman–Crippen MR) is 88.8 cm³/mol. The average molecular weight is 337 g/mol. The second-order valence-electron chi connectivity index (χ2n) is 7.09. The normalized spacial score (nSPS) is 22.2. The molecule has 1 heterocycles. The van der Waals surface area contributed by atoms with Crippen LogP contribution in [0.25, 0.3) is 0 Å². The summed E-state index contributed by atoms with van der Waals surface area (Å²) in [6, 6.07) is 6.26. The molecule has 24 heavy (non-hydrogen) atoms. The fraction of sp³-hybridized carbons (Fsp3) is 0.611. The minimum absolute atomic E-state index is 0.0341. The van der Waals surface area contributed by atoms with E-state index in [1.54, 1.807) is 45.0 Å². The van der Waals surface area contributed by atoms with Crippen molar-refractivity contribution in [2.75, 3.05) is 6.61 Å². The molecule has 0 amide bonds. The zero-order chi connectivity index (χ0) is 17.9. The number of benzene rings is 1. The molecule has 134 valence electrons. The summed E-state index contributed by atoms with van der Waals surface area (Å²) >= 11 is 0. The van der Waals surface area contributed by atoms with Crippen LogP contribution in [-0.4, -0.2) is 44.4 Å². The summed E-state index contributed by atoms with van der Waals surface area (Å²) in [7, 11) is 0.